The molecule has 11 heteroatoms. The first-order valence-electron chi connectivity index (χ1n) is 8.94. The van der Waals surface area contributed by atoms with Gasteiger partial charge in [0.15, 0.2) is 6.61 Å². The van der Waals surface area contributed by atoms with Gasteiger partial charge < -0.3 is 14.5 Å². The smallest absolute Gasteiger partial charge is 0.416 e. The molecule has 0 spiro atoms. The molecule has 0 bridgehead atoms. The molecule has 0 aliphatic carbocycles. The van der Waals surface area contributed by atoms with Crippen molar-refractivity contribution in [2.45, 2.75) is 31.9 Å². The summed E-state index contributed by atoms with van der Waals surface area (Å²) in [6, 6.07) is 8.38. The average Bonchev–Trinajstić information content (AvgIpc) is 3.16. The second-order valence-electron chi connectivity index (χ2n) is 6.48. The molecule has 0 aliphatic heterocycles. The third-order valence-electron chi connectivity index (χ3n) is 4.25. The highest BCUT2D eigenvalue weighted by Gasteiger charge is 2.31. The minimum atomic E-state index is -4.54. The first-order chi connectivity index (χ1) is 14.6. The second-order valence-corrected chi connectivity index (χ2v) is 7.81. The van der Waals surface area contributed by atoms with Crippen LogP contribution in [0.25, 0.3) is 0 Å². The molecule has 1 amide bonds. The second kappa shape index (κ2) is 9.61. The Labute approximate surface area is 185 Å². The summed E-state index contributed by atoms with van der Waals surface area (Å²) in [6.45, 7) is 3.97. The van der Waals surface area contributed by atoms with Crippen molar-refractivity contribution in [3.63, 3.8) is 0 Å². The normalized spacial score (nSPS) is 11.4. The summed E-state index contributed by atoms with van der Waals surface area (Å²) in [5.74, 6) is 0.193. The van der Waals surface area contributed by atoms with Gasteiger partial charge in [-0.1, -0.05) is 35.5 Å². The minimum Gasteiger partial charge on any atom is -0.484 e. The van der Waals surface area contributed by atoms with Crippen molar-refractivity contribution in [1.82, 2.24) is 10.2 Å². The van der Waals surface area contributed by atoms with Crippen LogP contribution in [0.4, 0.5) is 18.9 Å². The summed E-state index contributed by atoms with van der Waals surface area (Å²) in [7, 11) is 0. The number of aryl methyl sites for hydroxylation is 1. The molecule has 0 fully saturated rings. The first kappa shape index (κ1) is 23.0. The molecule has 164 valence electrons. The van der Waals surface area contributed by atoms with E-state index >= 15 is 0 Å². The van der Waals surface area contributed by atoms with Crippen molar-refractivity contribution < 1.29 is 27.1 Å². The van der Waals surface area contributed by atoms with Gasteiger partial charge in [-0.3, -0.25) is 4.79 Å². The lowest BCUT2D eigenvalue weighted by atomic mass is 10.1. The van der Waals surface area contributed by atoms with Crippen LogP contribution in [0.2, 0.25) is 5.02 Å². The van der Waals surface area contributed by atoms with Crippen LogP contribution in [-0.2, 0) is 17.6 Å². The number of nitrogens with one attached hydrogen (secondary N) is 1. The quantitative estimate of drug-likeness (QED) is 0.447. The van der Waals surface area contributed by atoms with Crippen molar-refractivity contribution in [3.8, 4) is 5.75 Å². The molecule has 3 rings (SSSR count). The molecule has 1 heterocycles. The highest BCUT2D eigenvalue weighted by atomic mass is 35.5. The van der Waals surface area contributed by atoms with Gasteiger partial charge in [0.25, 0.3) is 11.1 Å². The number of anilines is 1. The molecule has 3 aromatic rings. The monoisotopic (exact) mass is 471 g/mol. The van der Waals surface area contributed by atoms with Gasteiger partial charge in [0.05, 0.1) is 22.0 Å². The number of halogens is 4. The topological polar surface area (TPSA) is 77.2 Å². The highest BCUT2D eigenvalue weighted by molar-refractivity contribution is 7.99. The summed E-state index contributed by atoms with van der Waals surface area (Å²) < 4.78 is 49.6. The number of alkyl halides is 3. The predicted octanol–water partition coefficient (Wildman–Crippen LogP) is 5.67. The number of carbonyl (C=O) groups excluding carboxylic acids is 1. The summed E-state index contributed by atoms with van der Waals surface area (Å²) in [4.78, 5) is 12.1. The SMILES string of the molecule is Cc1cccc(OCc2nnc(SCC(=O)Nc3cc(C(F)(F)F)ccc3Cl)o2)c1C. The summed E-state index contributed by atoms with van der Waals surface area (Å²) in [5.41, 5.74) is 1.05. The molecule has 0 saturated carbocycles. The Morgan fingerprint density at radius 2 is 2.00 bits per heavy atom. The lowest BCUT2D eigenvalue weighted by molar-refractivity contribution is -0.137. The molecule has 0 atom stereocenters. The number of nitrogens with zero attached hydrogens (tertiary/aromatic N) is 2. The molecule has 31 heavy (non-hydrogen) atoms. The zero-order valence-electron chi connectivity index (χ0n) is 16.4. The van der Waals surface area contributed by atoms with Crippen molar-refractivity contribution in [1.29, 1.82) is 0 Å². The fourth-order valence-electron chi connectivity index (χ4n) is 2.49. The van der Waals surface area contributed by atoms with Gasteiger partial charge >= 0.3 is 6.18 Å². The largest absolute Gasteiger partial charge is 0.484 e. The van der Waals surface area contributed by atoms with Crippen LogP contribution in [0.3, 0.4) is 0 Å². The van der Waals surface area contributed by atoms with Crippen molar-refractivity contribution in [2.75, 3.05) is 11.1 Å². The Morgan fingerprint density at radius 3 is 2.74 bits per heavy atom. The van der Waals surface area contributed by atoms with E-state index in [2.05, 4.69) is 15.5 Å². The Morgan fingerprint density at radius 1 is 1.23 bits per heavy atom. The van der Waals surface area contributed by atoms with Crippen LogP contribution in [0.1, 0.15) is 22.6 Å². The van der Waals surface area contributed by atoms with Crippen molar-refractivity contribution >= 4 is 35.0 Å². The predicted molar refractivity (Wildman–Crippen MR) is 110 cm³/mol. The Kier molecular flexibility index (Phi) is 7.11. The van der Waals surface area contributed by atoms with Gasteiger partial charge in [-0.2, -0.15) is 13.2 Å². The maximum atomic E-state index is 12.8. The molecule has 0 saturated heterocycles. The van der Waals surface area contributed by atoms with Crippen LogP contribution < -0.4 is 10.1 Å². The van der Waals surface area contributed by atoms with E-state index < -0.39 is 17.6 Å². The van der Waals surface area contributed by atoms with Crippen LogP contribution in [0.5, 0.6) is 5.75 Å². The van der Waals surface area contributed by atoms with Crippen molar-refractivity contribution in [3.05, 3.63) is 64.0 Å². The fourth-order valence-corrected chi connectivity index (χ4v) is 3.23. The first-order valence-corrected chi connectivity index (χ1v) is 10.3. The van der Waals surface area contributed by atoms with E-state index in [9.17, 15) is 18.0 Å². The number of carbonyl (C=O) groups is 1. The zero-order valence-corrected chi connectivity index (χ0v) is 18.0. The summed E-state index contributed by atoms with van der Waals surface area (Å²) in [5, 5.41) is 10.2. The lowest BCUT2D eigenvalue weighted by Crippen LogP contribution is -2.15. The molecular weight excluding hydrogens is 455 g/mol. The van der Waals surface area contributed by atoms with Gasteiger partial charge in [-0.15, -0.1) is 10.2 Å². The van der Waals surface area contributed by atoms with Crippen molar-refractivity contribution in [2.24, 2.45) is 0 Å². The molecule has 0 unspecified atom stereocenters. The molecule has 1 N–H and O–H groups in total. The third-order valence-corrected chi connectivity index (χ3v) is 5.40. The number of hydrogen-bond acceptors (Lipinski definition) is 6. The van der Waals surface area contributed by atoms with E-state index in [0.717, 1.165) is 41.1 Å². The number of hydrogen-bond donors (Lipinski definition) is 1. The van der Waals surface area contributed by atoms with E-state index in [0.29, 0.717) is 5.75 Å². The molecule has 0 aliphatic rings. The standard InChI is InChI=1S/C20H17ClF3N3O3S/c1-11-4-3-5-16(12(11)2)29-9-18-26-27-19(30-18)31-10-17(28)25-15-8-13(20(22,23)24)6-7-14(15)21/h3-8H,9-10H2,1-2H3,(H,25,28). The van der Waals surface area contributed by atoms with E-state index in [4.69, 9.17) is 20.8 Å². The zero-order chi connectivity index (χ0) is 22.6. The summed E-state index contributed by atoms with van der Waals surface area (Å²) in [6.07, 6.45) is -4.54. The maximum Gasteiger partial charge on any atom is 0.416 e. The number of aromatic nitrogens is 2. The van der Waals surface area contributed by atoms with E-state index in [1.165, 1.54) is 0 Å². The number of ether oxygens (including phenoxy) is 1. The lowest BCUT2D eigenvalue weighted by Gasteiger charge is -2.11. The maximum absolute atomic E-state index is 12.8. The van der Waals surface area contributed by atoms with Gasteiger partial charge in [0, 0.05) is 0 Å². The highest BCUT2D eigenvalue weighted by Crippen LogP contribution is 2.34. The minimum absolute atomic E-state index is 0.00461. The third kappa shape index (κ3) is 6.14. The Bertz CT molecular complexity index is 1090. The molecule has 2 aromatic carbocycles. The molecule has 1 aromatic heterocycles. The number of amides is 1. The van der Waals surface area contributed by atoms with Crippen LogP contribution >= 0.6 is 23.4 Å². The number of benzene rings is 2. The van der Waals surface area contributed by atoms with Gasteiger partial charge in [-0.05, 0) is 49.2 Å². The van der Waals surface area contributed by atoms with Gasteiger partial charge in [0.1, 0.15) is 5.75 Å². The van der Waals surface area contributed by atoms with E-state index in [-0.39, 0.29) is 34.2 Å². The van der Waals surface area contributed by atoms with Crippen LogP contribution in [0.15, 0.2) is 46.0 Å². The van der Waals surface area contributed by atoms with E-state index in [1.807, 2.05) is 32.0 Å². The fraction of sp³-hybridized carbons (Fsp3) is 0.250. The number of thioether (sulfide) groups is 1. The Balaban J connectivity index is 1.54. The Hall–Kier alpha value is -2.72. The molecule has 0 radical (unpaired) electrons. The van der Waals surface area contributed by atoms with Gasteiger partial charge in [0.2, 0.25) is 5.91 Å². The average molecular weight is 472 g/mol. The molecular formula is C20H17ClF3N3O3S. The van der Waals surface area contributed by atoms with Gasteiger partial charge in [-0.25, -0.2) is 0 Å². The molecule has 6 nitrogen and oxygen atoms in total. The van der Waals surface area contributed by atoms with Crippen LogP contribution in [0, 0.1) is 13.8 Å². The van der Waals surface area contributed by atoms with Crippen LogP contribution in [-0.4, -0.2) is 21.9 Å². The van der Waals surface area contributed by atoms with E-state index in [1.54, 1.807) is 0 Å². The number of rotatable bonds is 7. The summed E-state index contributed by atoms with van der Waals surface area (Å²) >= 11 is 6.81.